The standard InChI is InChI=1S/C16H17F2NO4/c17-16(18)9-12(16)10-1-3-11(4-2-10)19-13(20)15(14(21)22)5-7-23-8-6-15/h1-4,12H,5-9H2,(H,19,20)(H,21,22). The number of carboxylic acid groups (broad SMARTS) is 1. The zero-order valence-corrected chi connectivity index (χ0v) is 12.4. The summed E-state index contributed by atoms with van der Waals surface area (Å²) in [6.07, 6.45) is 0.0714. The second-order valence-corrected chi connectivity index (χ2v) is 6.09. The van der Waals surface area contributed by atoms with E-state index in [1.54, 1.807) is 12.1 Å². The number of carbonyl (C=O) groups excluding carboxylic acids is 1. The topological polar surface area (TPSA) is 75.6 Å². The van der Waals surface area contributed by atoms with Gasteiger partial charge in [0.05, 0.1) is 5.92 Å². The molecule has 1 atom stereocenters. The molecule has 0 spiro atoms. The quantitative estimate of drug-likeness (QED) is 0.835. The van der Waals surface area contributed by atoms with Gasteiger partial charge in [0.1, 0.15) is 0 Å². The van der Waals surface area contributed by atoms with E-state index in [9.17, 15) is 23.5 Å². The molecule has 2 fully saturated rings. The zero-order valence-electron chi connectivity index (χ0n) is 12.4. The van der Waals surface area contributed by atoms with Crippen LogP contribution in [0, 0.1) is 5.41 Å². The maximum absolute atomic E-state index is 13.0. The van der Waals surface area contributed by atoms with Gasteiger partial charge in [-0.15, -0.1) is 0 Å². The first-order chi connectivity index (χ1) is 10.8. The number of aliphatic carboxylic acids is 1. The molecule has 1 heterocycles. The molecule has 1 aromatic carbocycles. The molecule has 23 heavy (non-hydrogen) atoms. The average molecular weight is 325 g/mol. The predicted molar refractivity (Wildman–Crippen MR) is 77.5 cm³/mol. The molecule has 1 amide bonds. The van der Waals surface area contributed by atoms with Crippen molar-refractivity contribution >= 4 is 17.6 Å². The molecule has 5 nitrogen and oxygen atoms in total. The molecular weight excluding hydrogens is 308 g/mol. The summed E-state index contributed by atoms with van der Waals surface area (Å²) in [5.41, 5.74) is -0.581. The summed E-state index contributed by atoms with van der Waals surface area (Å²) in [4.78, 5) is 23.9. The van der Waals surface area contributed by atoms with Crippen molar-refractivity contribution in [3.05, 3.63) is 29.8 Å². The van der Waals surface area contributed by atoms with Crippen molar-refractivity contribution in [2.45, 2.75) is 31.1 Å². The van der Waals surface area contributed by atoms with Crippen molar-refractivity contribution in [3.8, 4) is 0 Å². The summed E-state index contributed by atoms with van der Waals surface area (Å²) in [6.45, 7) is 0.435. The first-order valence-electron chi connectivity index (χ1n) is 7.45. The van der Waals surface area contributed by atoms with Crippen molar-refractivity contribution in [1.82, 2.24) is 0 Å². The van der Waals surface area contributed by atoms with Gasteiger partial charge in [0.2, 0.25) is 5.91 Å². The van der Waals surface area contributed by atoms with Crippen LogP contribution < -0.4 is 5.32 Å². The van der Waals surface area contributed by atoms with Gasteiger partial charge in [-0.3, -0.25) is 9.59 Å². The zero-order chi connectivity index (χ0) is 16.7. The summed E-state index contributed by atoms with van der Waals surface area (Å²) in [5, 5.41) is 12.0. The lowest BCUT2D eigenvalue weighted by Gasteiger charge is -2.31. The van der Waals surface area contributed by atoms with Crippen LogP contribution in [0.15, 0.2) is 24.3 Å². The van der Waals surface area contributed by atoms with Crippen molar-refractivity contribution in [2.75, 3.05) is 18.5 Å². The second-order valence-electron chi connectivity index (χ2n) is 6.09. The Balaban J connectivity index is 1.71. The predicted octanol–water partition coefficient (Wildman–Crippen LogP) is 2.63. The lowest BCUT2D eigenvalue weighted by atomic mass is 9.79. The van der Waals surface area contributed by atoms with Crippen LogP contribution in [-0.2, 0) is 14.3 Å². The van der Waals surface area contributed by atoms with Crippen LogP contribution >= 0.6 is 0 Å². The lowest BCUT2D eigenvalue weighted by Crippen LogP contribution is -2.47. The van der Waals surface area contributed by atoms with Crippen molar-refractivity contribution in [3.63, 3.8) is 0 Å². The highest BCUT2D eigenvalue weighted by Gasteiger charge is 2.57. The van der Waals surface area contributed by atoms with Gasteiger partial charge in [-0.05, 0) is 30.5 Å². The average Bonchev–Trinajstić information content (AvgIpc) is 3.17. The van der Waals surface area contributed by atoms with Gasteiger partial charge in [-0.2, -0.15) is 0 Å². The van der Waals surface area contributed by atoms with E-state index < -0.39 is 29.1 Å². The van der Waals surface area contributed by atoms with Gasteiger partial charge in [0.25, 0.3) is 5.92 Å². The monoisotopic (exact) mass is 325 g/mol. The molecule has 2 N–H and O–H groups in total. The van der Waals surface area contributed by atoms with Crippen LogP contribution in [0.25, 0.3) is 0 Å². The van der Waals surface area contributed by atoms with Gasteiger partial charge in [-0.1, -0.05) is 12.1 Å². The molecule has 1 aliphatic heterocycles. The van der Waals surface area contributed by atoms with Crippen LogP contribution in [0.1, 0.15) is 30.7 Å². The summed E-state index contributed by atoms with van der Waals surface area (Å²) in [5.74, 6) is -5.17. The number of amides is 1. The van der Waals surface area contributed by atoms with Crippen molar-refractivity contribution < 1.29 is 28.2 Å². The maximum atomic E-state index is 13.0. The molecule has 2 aliphatic rings. The highest BCUT2D eigenvalue weighted by Crippen LogP contribution is 2.55. The molecular formula is C16H17F2NO4. The minimum absolute atomic E-state index is 0.112. The van der Waals surface area contributed by atoms with Crippen LogP contribution in [0.4, 0.5) is 14.5 Å². The molecule has 3 rings (SSSR count). The number of carboxylic acids is 1. The number of hydrogen-bond donors (Lipinski definition) is 2. The molecule has 1 unspecified atom stereocenters. The number of rotatable bonds is 4. The van der Waals surface area contributed by atoms with E-state index in [0.29, 0.717) is 11.3 Å². The minimum atomic E-state index is -2.64. The number of nitrogens with one attached hydrogen (secondary N) is 1. The van der Waals surface area contributed by atoms with Crippen LogP contribution in [0.3, 0.4) is 0 Å². The Hall–Kier alpha value is -2.02. The summed E-state index contributed by atoms with van der Waals surface area (Å²) in [6, 6.07) is 6.13. The number of carbonyl (C=O) groups is 2. The summed E-state index contributed by atoms with van der Waals surface area (Å²) in [7, 11) is 0. The fraction of sp³-hybridized carbons (Fsp3) is 0.500. The van der Waals surface area contributed by atoms with E-state index in [-0.39, 0.29) is 32.5 Å². The van der Waals surface area contributed by atoms with E-state index in [0.717, 1.165) is 0 Å². The van der Waals surface area contributed by atoms with E-state index in [1.807, 2.05) is 0 Å². The highest BCUT2D eigenvalue weighted by molar-refractivity contribution is 6.08. The summed E-state index contributed by atoms with van der Waals surface area (Å²) >= 11 is 0. The van der Waals surface area contributed by atoms with Crippen LogP contribution in [-0.4, -0.2) is 36.1 Å². The fourth-order valence-electron chi connectivity index (χ4n) is 2.88. The normalized spacial score (nSPS) is 24.7. The number of hydrogen-bond acceptors (Lipinski definition) is 3. The Morgan fingerprint density at radius 2 is 1.74 bits per heavy atom. The smallest absolute Gasteiger partial charge is 0.319 e. The Labute approximate surface area is 131 Å². The van der Waals surface area contributed by atoms with Gasteiger partial charge >= 0.3 is 5.97 Å². The molecule has 1 aromatic rings. The third-order valence-corrected chi connectivity index (χ3v) is 4.59. The first kappa shape index (κ1) is 15.9. The van der Waals surface area contributed by atoms with Crippen molar-refractivity contribution in [2.24, 2.45) is 5.41 Å². The number of ether oxygens (including phenoxy) is 1. The van der Waals surface area contributed by atoms with Crippen LogP contribution in [0.5, 0.6) is 0 Å². The van der Waals surface area contributed by atoms with Gasteiger partial charge in [0, 0.05) is 25.3 Å². The maximum Gasteiger partial charge on any atom is 0.319 e. The Morgan fingerprint density at radius 3 is 2.22 bits per heavy atom. The first-order valence-corrected chi connectivity index (χ1v) is 7.45. The van der Waals surface area contributed by atoms with Crippen molar-refractivity contribution in [1.29, 1.82) is 0 Å². The molecule has 0 radical (unpaired) electrons. The largest absolute Gasteiger partial charge is 0.480 e. The molecule has 124 valence electrons. The third-order valence-electron chi connectivity index (χ3n) is 4.59. The number of alkyl halides is 2. The number of benzene rings is 1. The Morgan fingerprint density at radius 1 is 1.17 bits per heavy atom. The molecule has 1 aliphatic carbocycles. The number of halogens is 2. The fourth-order valence-corrected chi connectivity index (χ4v) is 2.88. The lowest BCUT2D eigenvalue weighted by molar-refractivity contribution is -0.160. The van der Waals surface area contributed by atoms with E-state index in [1.165, 1.54) is 12.1 Å². The van der Waals surface area contributed by atoms with Gasteiger partial charge in [0.15, 0.2) is 5.41 Å². The second kappa shape index (κ2) is 5.56. The third kappa shape index (κ3) is 2.93. The molecule has 7 heteroatoms. The number of anilines is 1. The van der Waals surface area contributed by atoms with E-state index >= 15 is 0 Å². The SMILES string of the molecule is O=C(O)C1(C(=O)Nc2ccc(C3CC3(F)F)cc2)CCOCC1. The Bertz CT molecular complexity index is 623. The highest BCUT2D eigenvalue weighted by atomic mass is 19.3. The Kier molecular flexibility index (Phi) is 3.83. The van der Waals surface area contributed by atoms with Crippen LogP contribution in [0.2, 0.25) is 0 Å². The summed E-state index contributed by atoms with van der Waals surface area (Å²) < 4.78 is 31.2. The van der Waals surface area contributed by atoms with E-state index in [4.69, 9.17) is 4.74 Å². The molecule has 0 bridgehead atoms. The molecule has 1 saturated heterocycles. The molecule has 1 saturated carbocycles. The minimum Gasteiger partial charge on any atom is -0.480 e. The van der Waals surface area contributed by atoms with Gasteiger partial charge < -0.3 is 15.2 Å². The van der Waals surface area contributed by atoms with Gasteiger partial charge in [-0.25, -0.2) is 8.78 Å². The van der Waals surface area contributed by atoms with E-state index in [2.05, 4.69) is 5.32 Å². The molecule has 0 aromatic heterocycles.